The van der Waals surface area contributed by atoms with Gasteiger partial charge in [-0.1, -0.05) is 0 Å². The average molecular weight is 413 g/mol. The van der Waals surface area contributed by atoms with Crippen LogP contribution in [0.3, 0.4) is 0 Å². The van der Waals surface area contributed by atoms with Crippen LogP contribution in [-0.2, 0) is 0 Å². The Labute approximate surface area is 157 Å². The number of rotatable bonds is 4. The number of urea groups is 1. The molecule has 0 fully saturated rings. The largest absolute Gasteiger partial charge is 0.328 e. The van der Waals surface area contributed by atoms with Crippen molar-refractivity contribution < 1.29 is 4.79 Å². The van der Waals surface area contributed by atoms with Crippen LogP contribution >= 0.6 is 15.9 Å². The third-order valence-electron chi connectivity index (χ3n) is 3.40. The summed E-state index contributed by atoms with van der Waals surface area (Å²) in [6.45, 7) is 1.77. The molecule has 2 amide bonds. The number of hydrogen-bond acceptors (Lipinski definition) is 6. The Bertz CT molecular complexity index is 966. The maximum atomic E-state index is 12.3. The van der Waals surface area contributed by atoms with Crippen molar-refractivity contribution in [2.24, 2.45) is 0 Å². The second kappa shape index (κ2) is 7.71. The first-order valence-corrected chi connectivity index (χ1v) is 8.32. The highest BCUT2D eigenvalue weighted by molar-refractivity contribution is 9.10. The van der Waals surface area contributed by atoms with Gasteiger partial charge in [0.15, 0.2) is 5.82 Å². The van der Waals surface area contributed by atoms with Gasteiger partial charge in [0.1, 0.15) is 6.33 Å². The van der Waals surface area contributed by atoms with Gasteiger partial charge in [0.2, 0.25) is 0 Å². The second-order valence-electron chi connectivity index (χ2n) is 5.21. The lowest BCUT2D eigenvalue weighted by Crippen LogP contribution is -2.32. The molecule has 0 saturated carbocycles. The Morgan fingerprint density at radius 2 is 2.08 bits per heavy atom. The smallest absolute Gasteiger partial charge is 0.319 e. The SMILES string of the molecule is CC(NC(=O)Nc1ccc(C#N)cc1Br)c1ncnn1-c1ncccn1. The standard InChI is InChI=1S/C16H13BrN8O/c1-10(14-21-9-22-25(14)15-19-5-2-6-20-15)23-16(26)24-13-4-3-11(8-18)7-12(13)17/h2-7,9-10H,1H3,(H2,23,24,26). The van der Waals surface area contributed by atoms with Crippen molar-refractivity contribution in [1.29, 1.82) is 5.26 Å². The molecule has 1 atom stereocenters. The molecule has 2 aromatic heterocycles. The lowest BCUT2D eigenvalue weighted by atomic mass is 10.2. The Balaban J connectivity index is 1.71. The monoisotopic (exact) mass is 412 g/mol. The van der Waals surface area contributed by atoms with Gasteiger partial charge in [-0.2, -0.15) is 15.0 Å². The molecule has 2 N–H and O–H groups in total. The van der Waals surface area contributed by atoms with Crippen LogP contribution in [0.5, 0.6) is 0 Å². The number of nitriles is 1. The first kappa shape index (κ1) is 17.5. The quantitative estimate of drug-likeness (QED) is 0.678. The lowest BCUT2D eigenvalue weighted by Gasteiger charge is -2.15. The number of anilines is 1. The van der Waals surface area contributed by atoms with Crippen molar-refractivity contribution in [2.45, 2.75) is 13.0 Å². The summed E-state index contributed by atoms with van der Waals surface area (Å²) in [4.78, 5) is 24.7. The molecular weight excluding hydrogens is 400 g/mol. The van der Waals surface area contributed by atoms with Crippen molar-refractivity contribution in [3.05, 3.63) is 58.8 Å². The van der Waals surface area contributed by atoms with Crippen LogP contribution in [0.25, 0.3) is 5.95 Å². The summed E-state index contributed by atoms with van der Waals surface area (Å²) < 4.78 is 2.07. The molecule has 26 heavy (non-hydrogen) atoms. The molecule has 0 saturated heterocycles. The highest BCUT2D eigenvalue weighted by atomic mass is 79.9. The minimum atomic E-state index is -0.446. The zero-order valence-electron chi connectivity index (χ0n) is 13.6. The normalized spacial score (nSPS) is 11.4. The Morgan fingerprint density at radius 3 is 2.77 bits per heavy atom. The molecule has 0 bridgehead atoms. The highest BCUT2D eigenvalue weighted by Crippen LogP contribution is 2.23. The molecule has 0 aliphatic rings. The number of hydrogen-bond donors (Lipinski definition) is 2. The van der Waals surface area contributed by atoms with Crippen LogP contribution in [0, 0.1) is 11.3 Å². The van der Waals surface area contributed by atoms with Crippen LogP contribution in [0.15, 0.2) is 47.5 Å². The predicted molar refractivity (Wildman–Crippen MR) is 96.4 cm³/mol. The van der Waals surface area contributed by atoms with Crippen LogP contribution in [0.1, 0.15) is 24.4 Å². The predicted octanol–water partition coefficient (Wildman–Crippen LogP) is 2.57. The van der Waals surface area contributed by atoms with E-state index in [9.17, 15) is 4.79 Å². The fourth-order valence-electron chi connectivity index (χ4n) is 2.21. The number of nitrogens with zero attached hydrogens (tertiary/aromatic N) is 6. The average Bonchev–Trinajstić information content (AvgIpc) is 3.14. The number of halogens is 1. The minimum absolute atomic E-state index is 0.365. The fourth-order valence-corrected chi connectivity index (χ4v) is 2.68. The Kier molecular flexibility index (Phi) is 5.19. The molecule has 1 aromatic carbocycles. The highest BCUT2D eigenvalue weighted by Gasteiger charge is 2.18. The molecule has 3 aromatic rings. The zero-order valence-corrected chi connectivity index (χ0v) is 15.2. The maximum absolute atomic E-state index is 12.3. The van der Waals surface area contributed by atoms with E-state index >= 15 is 0 Å². The summed E-state index contributed by atoms with van der Waals surface area (Å²) in [5.74, 6) is 0.856. The molecule has 1 unspecified atom stereocenters. The van der Waals surface area contributed by atoms with Crippen molar-refractivity contribution >= 4 is 27.6 Å². The second-order valence-corrected chi connectivity index (χ2v) is 6.06. The molecule has 0 aliphatic carbocycles. The van der Waals surface area contributed by atoms with Gasteiger partial charge in [0, 0.05) is 16.9 Å². The van der Waals surface area contributed by atoms with Crippen LogP contribution in [-0.4, -0.2) is 30.8 Å². The molecular formula is C16H13BrN8O. The first-order valence-electron chi connectivity index (χ1n) is 7.53. The van der Waals surface area contributed by atoms with E-state index < -0.39 is 12.1 Å². The lowest BCUT2D eigenvalue weighted by molar-refractivity contribution is 0.248. The van der Waals surface area contributed by atoms with Crippen LogP contribution in [0.4, 0.5) is 10.5 Å². The zero-order chi connectivity index (χ0) is 18.5. The van der Waals surface area contributed by atoms with E-state index in [1.807, 2.05) is 6.07 Å². The van der Waals surface area contributed by atoms with Gasteiger partial charge < -0.3 is 10.6 Å². The van der Waals surface area contributed by atoms with E-state index in [1.54, 1.807) is 43.6 Å². The van der Waals surface area contributed by atoms with Gasteiger partial charge in [-0.3, -0.25) is 0 Å². The van der Waals surface area contributed by atoms with E-state index in [1.165, 1.54) is 11.0 Å². The van der Waals surface area contributed by atoms with Crippen molar-refractivity contribution in [1.82, 2.24) is 30.0 Å². The Morgan fingerprint density at radius 1 is 1.31 bits per heavy atom. The maximum Gasteiger partial charge on any atom is 0.319 e. The van der Waals surface area contributed by atoms with E-state index in [-0.39, 0.29) is 0 Å². The van der Waals surface area contributed by atoms with Gasteiger partial charge in [0.25, 0.3) is 5.95 Å². The number of carbonyl (C=O) groups excluding carboxylic acids is 1. The van der Waals surface area contributed by atoms with Crippen molar-refractivity contribution in [3.8, 4) is 12.0 Å². The minimum Gasteiger partial charge on any atom is -0.328 e. The third kappa shape index (κ3) is 3.84. The van der Waals surface area contributed by atoms with Crippen LogP contribution < -0.4 is 10.6 Å². The van der Waals surface area contributed by atoms with Gasteiger partial charge in [0.05, 0.1) is 23.4 Å². The molecule has 0 radical (unpaired) electrons. The summed E-state index contributed by atoms with van der Waals surface area (Å²) in [6.07, 6.45) is 4.57. The number of aromatic nitrogens is 5. The molecule has 130 valence electrons. The molecule has 2 heterocycles. The summed E-state index contributed by atoms with van der Waals surface area (Å²) >= 11 is 3.33. The number of benzene rings is 1. The van der Waals surface area contributed by atoms with Gasteiger partial charge in [-0.05, 0) is 47.1 Å². The van der Waals surface area contributed by atoms with Gasteiger partial charge in [-0.15, -0.1) is 0 Å². The van der Waals surface area contributed by atoms with E-state index in [0.29, 0.717) is 27.5 Å². The summed E-state index contributed by atoms with van der Waals surface area (Å²) in [6, 6.07) is 7.75. The topological polar surface area (TPSA) is 121 Å². The van der Waals surface area contributed by atoms with E-state index in [0.717, 1.165) is 0 Å². The number of nitrogens with one attached hydrogen (secondary N) is 2. The summed E-state index contributed by atoms with van der Waals surface area (Å²) in [7, 11) is 0. The molecule has 0 spiro atoms. The summed E-state index contributed by atoms with van der Waals surface area (Å²) in [5, 5.41) is 18.5. The summed E-state index contributed by atoms with van der Waals surface area (Å²) in [5.41, 5.74) is 1.04. The van der Waals surface area contributed by atoms with Crippen LogP contribution in [0.2, 0.25) is 0 Å². The van der Waals surface area contributed by atoms with Crippen molar-refractivity contribution in [2.75, 3.05) is 5.32 Å². The van der Waals surface area contributed by atoms with E-state index in [4.69, 9.17) is 5.26 Å². The third-order valence-corrected chi connectivity index (χ3v) is 4.05. The molecule has 3 rings (SSSR count). The first-order chi connectivity index (χ1) is 12.6. The number of amides is 2. The van der Waals surface area contributed by atoms with Gasteiger partial charge in [-0.25, -0.2) is 19.7 Å². The molecule has 10 heteroatoms. The number of carbonyl (C=O) groups is 1. The molecule has 9 nitrogen and oxygen atoms in total. The van der Waals surface area contributed by atoms with Gasteiger partial charge >= 0.3 is 6.03 Å². The Hall–Kier alpha value is -3.32. The van der Waals surface area contributed by atoms with Crippen molar-refractivity contribution in [3.63, 3.8) is 0 Å². The van der Waals surface area contributed by atoms with E-state index in [2.05, 4.69) is 46.6 Å². The molecule has 0 aliphatic heterocycles. The fraction of sp³-hybridized carbons (Fsp3) is 0.125.